The molecule has 0 amide bonds. The highest BCUT2D eigenvalue weighted by atomic mass is 32.1. The van der Waals surface area contributed by atoms with E-state index in [4.69, 9.17) is 0 Å². The van der Waals surface area contributed by atoms with Crippen LogP contribution in [0.15, 0.2) is 249 Å². The van der Waals surface area contributed by atoms with Crippen molar-refractivity contribution in [1.82, 2.24) is 0 Å². The molecular weight excluding hydrogens is 863 g/mol. The minimum absolute atomic E-state index is 0.158. The molecule has 0 radical (unpaired) electrons. The Hall–Kier alpha value is -8.30. The van der Waals surface area contributed by atoms with Crippen LogP contribution in [-0.4, -0.2) is 0 Å². The molecule has 2 heteroatoms. The third kappa shape index (κ3) is 5.97. The molecule has 1 nitrogen and oxygen atoms in total. The van der Waals surface area contributed by atoms with E-state index >= 15 is 0 Å². The third-order valence-corrected chi connectivity index (χ3v) is 16.7. The fourth-order valence-electron chi connectivity index (χ4n) is 12.3. The number of hydrogen-bond donors (Lipinski definition) is 0. The molecule has 1 atom stereocenters. The summed E-state index contributed by atoms with van der Waals surface area (Å²) in [7, 11) is 0. The first kappa shape index (κ1) is 40.7. The number of hydrogen-bond acceptors (Lipinski definition) is 2. The molecule has 2 aliphatic carbocycles. The Kier molecular flexibility index (Phi) is 9.09. The summed E-state index contributed by atoms with van der Waals surface area (Å²) in [5.74, 6) is 0. The van der Waals surface area contributed by atoms with E-state index in [0.29, 0.717) is 0 Å². The van der Waals surface area contributed by atoms with Gasteiger partial charge in [0.15, 0.2) is 0 Å². The Morgan fingerprint density at radius 2 is 0.929 bits per heavy atom. The maximum atomic E-state index is 2.53. The van der Waals surface area contributed by atoms with Crippen molar-refractivity contribution in [3.63, 3.8) is 0 Å². The summed E-state index contributed by atoms with van der Waals surface area (Å²) in [6.07, 6.45) is 0. The number of fused-ring (bicyclic) bond motifs is 10. The maximum Gasteiger partial charge on any atom is 0.0714 e. The van der Waals surface area contributed by atoms with Crippen molar-refractivity contribution in [1.29, 1.82) is 0 Å². The lowest BCUT2D eigenvalue weighted by atomic mass is 9.67. The number of nitrogens with zero attached hydrogens (tertiary/aromatic N) is 1. The summed E-state index contributed by atoms with van der Waals surface area (Å²) in [5, 5.41) is 5.16. The molecule has 0 saturated carbocycles. The number of benzene rings is 11. The third-order valence-electron chi connectivity index (χ3n) is 15.6. The first-order chi connectivity index (χ1) is 34.5. The van der Waals surface area contributed by atoms with E-state index in [1.807, 2.05) is 11.3 Å². The molecule has 0 spiro atoms. The van der Waals surface area contributed by atoms with Gasteiger partial charge < -0.3 is 4.90 Å². The molecule has 2 aliphatic rings. The maximum absolute atomic E-state index is 2.53. The smallest absolute Gasteiger partial charge is 0.0714 e. The van der Waals surface area contributed by atoms with Crippen molar-refractivity contribution in [2.75, 3.05) is 4.90 Å². The molecule has 12 aromatic rings. The van der Waals surface area contributed by atoms with Crippen molar-refractivity contribution in [2.45, 2.75) is 24.7 Å². The fraction of sp³-hybridized carbons (Fsp3) is 0.0588. The average Bonchev–Trinajstić information content (AvgIpc) is 4.02. The lowest BCUT2D eigenvalue weighted by Crippen LogP contribution is -2.28. The van der Waals surface area contributed by atoms with Crippen molar-refractivity contribution < 1.29 is 0 Å². The molecule has 0 aliphatic heterocycles. The second-order valence-electron chi connectivity index (χ2n) is 19.6. The lowest BCUT2D eigenvalue weighted by molar-refractivity contribution is 0.660. The first-order valence-corrected chi connectivity index (χ1v) is 25.2. The standard InChI is InChI=1S/C68H47NS/c1-67(2)59-25-11-8-21-54(59)55-41-39-51(43-62(55)67)69(50-37-32-44(33-38-50)47-34-40-57-56-22-10-13-29-64(56)70-65(57)42-47)63-28-15-27-61-66(63)58-23-9-12-26-60(58)68(61,48-18-4-3-5-19-48)49-35-30-46(31-36-49)53-24-14-17-45-16-6-7-20-52(45)53/h3-43H,1-2H3. The zero-order valence-electron chi connectivity index (χ0n) is 39.0. The SMILES string of the molecule is CC1(C)c2ccccc2-c2ccc(N(c3ccc(-c4ccc5c(c4)sc4ccccc45)cc3)c3cccc4c3-c3ccccc3C4(c3ccccc3)c3ccc(-c4cccc5ccccc45)cc3)cc21. The van der Waals surface area contributed by atoms with E-state index in [0.717, 1.165) is 17.1 Å². The van der Waals surface area contributed by atoms with Gasteiger partial charge in [0.2, 0.25) is 0 Å². The fourth-order valence-corrected chi connectivity index (χ4v) is 13.5. The number of rotatable bonds is 7. The zero-order chi connectivity index (χ0) is 46.6. The second kappa shape index (κ2) is 15.6. The summed E-state index contributed by atoms with van der Waals surface area (Å²) < 4.78 is 2.64. The van der Waals surface area contributed by atoms with Crippen LogP contribution in [0.2, 0.25) is 0 Å². The molecule has 1 heterocycles. The van der Waals surface area contributed by atoms with Gasteiger partial charge in [-0.3, -0.25) is 0 Å². The molecule has 1 aromatic heterocycles. The first-order valence-electron chi connectivity index (χ1n) is 24.4. The van der Waals surface area contributed by atoms with E-state index < -0.39 is 5.41 Å². The van der Waals surface area contributed by atoms with Crippen LogP contribution in [0, 0.1) is 0 Å². The van der Waals surface area contributed by atoms with Gasteiger partial charge in [0.25, 0.3) is 0 Å². The summed E-state index contributed by atoms with van der Waals surface area (Å²) in [6, 6.07) is 93.2. The monoisotopic (exact) mass is 909 g/mol. The van der Waals surface area contributed by atoms with E-state index in [9.17, 15) is 0 Å². The van der Waals surface area contributed by atoms with Crippen LogP contribution in [0.25, 0.3) is 75.5 Å². The molecule has 11 aromatic carbocycles. The van der Waals surface area contributed by atoms with Crippen LogP contribution in [-0.2, 0) is 10.8 Å². The van der Waals surface area contributed by atoms with Crippen molar-refractivity contribution in [2.24, 2.45) is 0 Å². The quantitative estimate of drug-likeness (QED) is 0.154. The molecule has 0 saturated heterocycles. The summed E-state index contributed by atoms with van der Waals surface area (Å²) in [6.45, 7) is 4.76. The summed E-state index contributed by atoms with van der Waals surface area (Å²) in [4.78, 5) is 2.53. The summed E-state index contributed by atoms with van der Waals surface area (Å²) in [5.41, 5.74) is 20.5. The number of anilines is 3. The van der Waals surface area contributed by atoms with Crippen LogP contribution in [0.3, 0.4) is 0 Å². The van der Waals surface area contributed by atoms with Gasteiger partial charge in [-0.15, -0.1) is 11.3 Å². The van der Waals surface area contributed by atoms with Crippen molar-refractivity contribution >= 4 is 59.3 Å². The summed E-state index contributed by atoms with van der Waals surface area (Å²) >= 11 is 1.87. The molecule has 70 heavy (non-hydrogen) atoms. The Labute approximate surface area is 413 Å². The topological polar surface area (TPSA) is 3.24 Å². The van der Waals surface area contributed by atoms with Gasteiger partial charge in [-0.25, -0.2) is 0 Å². The molecule has 330 valence electrons. The second-order valence-corrected chi connectivity index (χ2v) is 20.6. The normalized spacial score (nSPS) is 15.2. The Morgan fingerprint density at radius 1 is 0.343 bits per heavy atom. The predicted molar refractivity (Wildman–Crippen MR) is 297 cm³/mol. The van der Waals surface area contributed by atoms with Gasteiger partial charge in [-0.2, -0.15) is 0 Å². The van der Waals surface area contributed by atoms with Crippen LogP contribution in [0.1, 0.15) is 47.2 Å². The van der Waals surface area contributed by atoms with Gasteiger partial charge in [0, 0.05) is 42.5 Å². The molecule has 0 fully saturated rings. The van der Waals surface area contributed by atoms with Gasteiger partial charge in [-0.1, -0.05) is 220 Å². The highest BCUT2D eigenvalue weighted by molar-refractivity contribution is 7.25. The molecule has 14 rings (SSSR count). The minimum Gasteiger partial charge on any atom is -0.310 e. The minimum atomic E-state index is -0.581. The average molecular weight is 910 g/mol. The Bertz CT molecular complexity index is 4020. The molecule has 1 unspecified atom stereocenters. The van der Waals surface area contributed by atoms with Crippen LogP contribution >= 0.6 is 11.3 Å². The molecular formula is C68H47NS. The van der Waals surface area contributed by atoms with Gasteiger partial charge in [0.05, 0.1) is 11.1 Å². The number of thiophene rings is 1. The predicted octanol–water partition coefficient (Wildman–Crippen LogP) is 18.7. The van der Waals surface area contributed by atoms with E-state index in [-0.39, 0.29) is 5.41 Å². The van der Waals surface area contributed by atoms with Gasteiger partial charge in [0.1, 0.15) is 0 Å². The van der Waals surface area contributed by atoms with Gasteiger partial charge in [-0.05, 0) is 126 Å². The zero-order valence-corrected chi connectivity index (χ0v) is 39.8. The van der Waals surface area contributed by atoms with Crippen molar-refractivity contribution in [3.05, 3.63) is 282 Å². The molecule has 0 N–H and O–H groups in total. The van der Waals surface area contributed by atoms with Crippen molar-refractivity contribution in [3.8, 4) is 44.5 Å². The lowest BCUT2D eigenvalue weighted by Gasteiger charge is -2.35. The van der Waals surface area contributed by atoms with Gasteiger partial charge >= 0.3 is 0 Å². The van der Waals surface area contributed by atoms with E-state index in [1.54, 1.807) is 0 Å². The highest BCUT2D eigenvalue weighted by Gasteiger charge is 2.47. The van der Waals surface area contributed by atoms with E-state index in [2.05, 4.69) is 267 Å². The van der Waals surface area contributed by atoms with Crippen LogP contribution in [0.4, 0.5) is 17.1 Å². The van der Waals surface area contributed by atoms with Crippen LogP contribution < -0.4 is 4.90 Å². The molecule has 0 bridgehead atoms. The highest BCUT2D eigenvalue weighted by Crippen LogP contribution is 2.60. The Morgan fingerprint density at radius 3 is 1.77 bits per heavy atom. The largest absolute Gasteiger partial charge is 0.310 e. The Balaban J connectivity index is 0.972. The van der Waals surface area contributed by atoms with E-state index in [1.165, 1.54) is 109 Å². The van der Waals surface area contributed by atoms with Crippen LogP contribution in [0.5, 0.6) is 0 Å².